The molecule has 0 atom stereocenters. The van der Waals surface area contributed by atoms with E-state index in [1.165, 1.54) is 0 Å². The number of pyridine rings is 1. The smallest absolute Gasteiger partial charge is 0.404 e. The zero-order valence-electron chi connectivity index (χ0n) is 11.3. The van der Waals surface area contributed by atoms with Crippen molar-refractivity contribution in [3.63, 3.8) is 0 Å². The first kappa shape index (κ1) is 15.1. The lowest BCUT2D eigenvalue weighted by Crippen LogP contribution is -2.17. The maximum absolute atomic E-state index is 10.7. The minimum absolute atomic E-state index is 0.0665. The Morgan fingerprint density at radius 2 is 2.19 bits per heavy atom. The van der Waals surface area contributed by atoms with Gasteiger partial charge in [-0.1, -0.05) is 11.8 Å². The van der Waals surface area contributed by atoms with Gasteiger partial charge >= 0.3 is 12.1 Å². The van der Waals surface area contributed by atoms with Gasteiger partial charge in [-0.25, -0.2) is 14.8 Å². The SMILES string of the molecule is Cc1ccc2nc(SCC(=O)O)n(CCOC(N)=O)c2n1. The van der Waals surface area contributed by atoms with Crippen molar-refractivity contribution < 1.29 is 19.4 Å². The summed E-state index contributed by atoms with van der Waals surface area (Å²) in [5.41, 5.74) is 7.02. The molecule has 0 saturated carbocycles. The molecule has 112 valence electrons. The van der Waals surface area contributed by atoms with Crippen molar-refractivity contribution in [2.75, 3.05) is 12.4 Å². The molecule has 0 aliphatic carbocycles. The summed E-state index contributed by atoms with van der Waals surface area (Å²) >= 11 is 1.09. The molecule has 3 N–H and O–H groups in total. The van der Waals surface area contributed by atoms with E-state index in [0.717, 1.165) is 17.5 Å². The largest absolute Gasteiger partial charge is 0.481 e. The first-order chi connectivity index (χ1) is 9.97. The molecule has 0 bridgehead atoms. The van der Waals surface area contributed by atoms with Crippen LogP contribution in [0.2, 0.25) is 0 Å². The summed E-state index contributed by atoms with van der Waals surface area (Å²) in [4.78, 5) is 30.1. The highest BCUT2D eigenvalue weighted by Crippen LogP contribution is 2.23. The van der Waals surface area contributed by atoms with Crippen molar-refractivity contribution in [3.05, 3.63) is 17.8 Å². The maximum atomic E-state index is 10.7. The average molecular weight is 310 g/mol. The third kappa shape index (κ3) is 3.85. The summed E-state index contributed by atoms with van der Waals surface area (Å²) in [6.45, 7) is 2.22. The number of aryl methyl sites for hydroxylation is 1. The molecular formula is C12H14N4O4S. The Hall–Kier alpha value is -2.29. The molecule has 1 amide bonds. The normalized spacial score (nSPS) is 10.7. The van der Waals surface area contributed by atoms with Gasteiger partial charge in [0.2, 0.25) is 0 Å². The van der Waals surface area contributed by atoms with Crippen LogP contribution in [0.1, 0.15) is 5.69 Å². The number of aliphatic carboxylic acids is 1. The molecule has 2 heterocycles. The number of carbonyl (C=O) groups is 2. The predicted molar refractivity (Wildman–Crippen MR) is 76.2 cm³/mol. The average Bonchev–Trinajstić information content (AvgIpc) is 2.74. The Balaban J connectivity index is 2.30. The van der Waals surface area contributed by atoms with Crippen LogP contribution in [0.3, 0.4) is 0 Å². The number of carbonyl (C=O) groups excluding carboxylic acids is 1. The Labute approximate surface area is 124 Å². The van der Waals surface area contributed by atoms with Gasteiger partial charge in [-0.2, -0.15) is 0 Å². The third-order valence-corrected chi connectivity index (χ3v) is 3.54. The summed E-state index contributed by atoms with van der Waals surface area (Å²) < 4.78 is 6.43. The van der Waals surface area contributed by atoms with E-state index in [-0.39, 0.29) is 12.4 Å². The molecule has 0 aromatic carbocycles. The minimum atomic E-state index is -0.934. The van der Waals surface area contributed by atoms with Crippen molar-refractivity contribution in [3.8, 4) is 0 Å². The van der Waals surface area contributed by atoms with Gasteiger partial charge in [-0.05, 0) is 19.1 Å². The highest BCUT2D eigenvalue weighted by molar-refractivity contribution is 7.99. The van der Waals surface area contributed by atoms with Gasteiger partial charge in [0.25, 0.3) is 0 Å². The molecule has 8 nitrogen and oxygen atoms in total. The maximum Gasteiger partial charge on any atom is 0.404 e. The lowest BCUT2D eigenvalue weighted by Gasteiger charge is -2.07. The van der Waals surface area contributed by atoms with Crippen molar-refractivity contribution in [2.45, 2.75) is 18.6 Å². The van der Waals surface area contributed by atoms with E-state index in [4.69, 9.17) is 15.6 Å². The zero-order chi connectivity index (χ0) is 15.4. The second-order valence-electron chi connectivity index (χ2n) is 4.19. The number of imidazole rings is 1. The number of nitrogens with zero attached hydrogens (tertiary/aromatic N) is 3. The van der Waals surface area contributed by atoms with Crippen LogP contribution in [-0.4, -0.2) is 44.1 Å². The number of thioether (sulfide) groups is 1. The van der Waals surface area contributed by atoms with E-state index in [2.05, 4.69) is 9.97 Å². The second-order valence-corrected chi connectivity index (χ2v) is 5.13. The van der Waals surface area contributed by atoms with Crippen LogP contribution in [0, 0.1) is 6.92 Å². The summed E-state index contributed by atoms with van der Waals surface area (Å²) in [7, 11) is 0. The summed E-state index contributed by atoms with van der Waals surface area (Å²) in [6, 6.07) is 3.64. The number of rotatable bonds is 6. The molecule has 9 heteroatoms. The lowest BCUT2D eigenvalue weighted by molar-refractivity contribution is -0.133. The van der Waals surface area contributed by atoms with Gasteiger partial charge in [0.15, 0.2) is 10.8 Å². The van der Waals surface area contributed by atoms with Crippen LogP contribution in [0.4, 0.5) is 4.79 Å². The molecule has 2 rings (SSSR count). The number of primary amides is 1. The van der Waals surface area contributed by atoms with Gasteiger partial charge in [0.05, 0.1) is 12.3 Å². The van der Waals surface area contributed by atoms with E-state index < -0.39 is 12.1 Å². The molecule has 2 aromatic heterocycles. The van der Waals surface area contributed by atoms with Crippen LogP contribution >= 0.6 is 11.8 Å². The number of carboxylic acids is 1. The molecule has 2 aromatic rings. The standard InChI is InChI=1S/C12H14N4O4S/c1-7-2-3-8-10(14-7)16(4-5-20-11(13)19)12(15-8)21-6-9(17)18/h2-3H,4-6H2,1H3,(H2,13,19)(H,17,18). The van der Waals surface area contributed by atoms with Gasteiger partial charge in [0, 0.05) is 5.69 Å². The van der Waals surface area contributed by atoms with Gasteiger partial charge in [0.1, 0.15) is 12.1 Å². The van der Waals surface area contributed by atoms with E-state index in [1.807, 2.05) is 19.1 Å². The molecule has 0 unspecified atom stereocenters. The summed E-state index contributed by atoms with van der Waals surface area (Å²) in [6.07, 6.45) is -0.858. The van der Waals surface area contributed by atoms with E-state index in [1.54, 1.807) is 4.57 Å². The first-order valence-electron chi connectivity index (χ1n) is 6.08. The highest BCUT2D eigenvalue weighted by Gasteiger charge is 2.14. The molecule has 0 spiro atoms. The van der Waals surface area contributed by atoms with Gasteiger partial charge in [-0.3, -0.25) is 4.79 Å². The van der Waals surface area contributed by atoms with Crippen molar-refractivity contribution in [2.24, 2.45) is 5.73 Å². The van der Waals surface area contributed by atoms with Gasteiger partial charge in [-0.15, -0.1) is 0 Å². The fraction of sp³-hybridized carbons (Fsp3) is 0.333. The molecule has 0 radical (unpaired) electrons. The fourth-order valence-corrected chi connectivity index (χ4v) is 2.50. The van der Waals surface area contributed by atoms with Gasteiger partial charge < -0.3 is 20.1 Å². The van der Waals surface area contributed by atoms with Crippen LogP contribution < -0.4 is 5.73 Å². The molecule has 0 aliphatic heterocycles. The lowest BCUT2D eigenvalue weighted by atomic mass is 10.3. The molecule has 0 aliphatic rings. The molecule has 0 fully saturated rings. The third-order valence-electron chi connectivity index (χ3n) is 2.58. The fourth-order valence-electron chi connectivity index (χ4n) is 1.75. The number of amides is 1. The number of hydrogen-bond donors (Lipinski definition) is 2. The summed E-state index contributed by atoms with van der Waals surface area (Å²) in [5.74, 6) is -1.05. The number of hydrogen-bond acceptors (Lipinski definition) is 6. The molecule has 21 heavy (non-hydrogen) atoms. The monoisotopic (exact) mass is 310 g/mol. The zero-order valence-corrected chi connectivity index (χ0v) is 12.1. The second kappa shape index (κ2) is 6.44. The van der Waals surface area contributed by atoms with Crippen LogP contribution in [0.5, 0.6) is 0 Å². The van der Waals surface area contributed by atoms with Crippen molar-refractivity contribution in [1.82, 2.24) is 14.5 Å². The molecule has 0 saturated heterocycles. The highest BCUT2D eigenvalue weighted by atomic mass is 32.2. The number of fused-ring (bicyclic) bond motifs is 1. The number of aromatic nitrogens is 3. The Morgan fingerprint density at radius 1 is 1.43 bits per heavy atom. The Bertz CT molecular complexity index is 685. The van der Waals surface area contributed by atoms with Crippen LogP contribution in [-0.2, 0) is 16.1 Å². The van der Waals surface area contributed by atoms with Crippen molar-refractivity contribution >= 4 is 35.0 Å². The van der Waals surface area contributed by atoms with Crippen LogP contribution in [0.15, 0.2) is 17.3 Å². The van der Waals surface area contributed by atoms with E-state index in [0.29, 0.717) is 22.9 Å². The topological polar surface area (TPSA) is 120 Å². The number of carboxylic acid groups (broad SMARTS) is 1. The van der Waals surface area contributed by atoms with E-state index in [9.17, 15) is 9.59 Å². The Kier molecular flexibility index (Phi) is 4.63. The number of nitrogens with two attached hydrogens (primary N) is 1. The van der Waals surface area contributed by atoms with Crippen LogP contribution in [0.25, 0.3) is 11.2 Å². The quantitative estimate of drug-likeness (QED) is 0.764. The first-order valence-corrected chi connectivity index (χ1v) is 7.06. The number of ether oxygens (including phenoxy) is 1. The predicted octanol–water partition coefficient (Wildman–Crippen LogP) is 1.01. The van der Waals surface area contributed by atoms with E-state index >= 15 is 0 Å². The minimum Gasteiger partial charge on any atom is -0.481 e. The summed E-state index contributed by atoms with van der Waals surface area (Å²) in [5, 5.41) is 9.29. The molecular weight excluding hydrogens is 296 g/mol. The van der Waals surface area contributed by atoms with Crippen molar-refractivity contribution in [1.29, 1.82) is 0 Å². The Morgan fingerprint density at radius 3 is 2.86 bits per heavy atom.